The molecule has 1 amide bonds. The number of hydrogen-bond acceptors (Lipinski definition) is 4. The van der Waals surface area contributed by atoms with Crippen molar-refractivity contribution in [3.8, 4) is 22.5 Å². The molecule has 0 spiro atoms. The molecule has 1 aliphatic carbocycles. The van der Waals surface area contributed by atoms with Crippen molar-refractivity contribution in [1.29, 1.82) is 0 Å². The number of aliphatic carboxylic acids is 1. The first-order valence-corrected chi connectivity index (χ1v) is 13.1. The Bertz CT molecular complexity index is 1460. The summed E-state index contributed by atoms with van der Waals surface area (Å²) in [5.74, 6) is 0.0170. The van der Waals surface area contributed by atoms with Gasteiger partial charge in [0, 0.05) is 29.8 Å². The van der Waals surface area contributed by atoms with E-state index in [0.29, 0.717) is 38.0 Å². The highest BCUT2D eigenvalue weighted by atomic mass is 16.5. The second-order valence-corrected chi connectivity index (χ2v) is 10.0. The third-order valence-electron chi connectivity index (χ3n) is 7.67. The first kappa shape index (κ1) is 25.5. The lowest BCUT2D eigenvalue weighted by Crippen LogP contribution is -2.31. The van der Waals surface area contributed by atoms with Crippen LogP contribution < -0.4 is 4.90 Å². The van der Waals surface area contributed by atoms with Crippen molar-refractivity contribution in [2.45, 2.75) is 51.9 Å². The lowest BCUT2D eigenvalue weighted by molar-refractivity contribution is -0.140. The molecule has 4 aromatic rings. The van der Waals surface area contributed by atoms with Gasteiger partial charge in [0.15, 0.2) is 5.76 Å². The number of aryl methyl sites for hydroxylation is 2. The summed E-state index contributed by atoms with van der Waals surface area (Å²) in [7, 11) is 0. The van der Waals surface area contributed by atoms with E-state index in [9.17, 15) is 14.7 Å². The molecule has 1 aliphatic rings. The SMILES string of the molecule is CCN(C(=O)CCc1c(C)noc1-c1ccc(-c2ccc(C3(C(=O)O)CC3)cc2)cc1)c1ccccc1C. The zero-order valence-corrected chi connectivity index (χ0v) is 22.0. The molecule has 0 unspecified atom stereocenters. The van der Waals surface area contributed by atoms with Crippen LogP contribution in [0.25, 0.3) is 22.5 Å². The van der Waals surface area contributed by atoms with Crippen LogP contribution >= 0.6 is 0 Å². The average molecular weight is 509 g/mol. The molecule has 1 heterocycles. The van der Waals surface area contributed by atoms with Crippen molar-refractivity contribution >= 4 is 17.6 Å². The summed E-state index contributed by atoms with van der Waals surface area (Å²) in [6, 6.07) is 23.8. The predicted octanol–water partition coefficient (Wildman–Crippen LogP) is 6.73. The van der Waals surface area contributed by atoms with Gasteiger partial charge in [-0.3, -0.25) is 9.59 Å². The normalized spacial score (nSPS) is 13.8. The van der Waals surface area contributed by atoms with Gasteiger partial charge in [-0.1, -0.05) is 71.9 Å². The van der Waals surface area contributed by atoms with Gasteiger partial charge in [0.2, 0.25) is 5.91 Å². The van der Waals surface area contributed by atoms with Gasteiger partial charge >= 0.3 is 5.97 Å². The van der Waals surface area contributed by atoms with Crippen molar-refractivity contribution in [2.24, 2.45) is 0 Å². The topological polar surface area (TPSA) is 83.6 Å². The second kappa shape index (κ2) is 10.3. The number of hydrogen-bond donors (Lipinski definition) is 1. The standard InChI is InChI=1S/C32H32N2O4/c1-4-34(28-8-6-5-7-21(28)2)29(35)18-17-27-22(3)33-38-30(27)25-11-9-23(10-12-25)24-13-15-26(16-14-24)32(19-20-32)31(36)37/h5-16H,4,17-20H2,1-3H3,(H,36,37). The molecule has 1 N–H and O–H groups in total. The Labute approximate surface area is 222 Å². The van der Waals surface area contributed by atoms with Gasteiger partial charge in [-0.25, -0.2) is 0 Å². The van der Waals surface area contributed by atoms with Crippen LogP contribution in [0, 0.1) is 13.8 Å². The van der Waals surface area contributed by atoms with Crippen LogP contribution in [0.3, 0.4) is 0 Å². The summed E-state index contributed by atoms with van der Waals surface area (Å²) >= 11 is 0. The van der Waals surface area contributed by atoms with E-state index in [-0.39, 0.29) is 5.91 Å². The summed E-state index contributed by atoms with van der Waals surface area (Å²) in [6.45, 7) is 6.53. The highest BCUT2D eigenvalue weighted by Crippen LogP contribution is 2.48. The summed E-state index contributed by atoms with van der Waals surface area (Å²) in [5, 5.41) is 13.7. The van der Waals surface area contributed by atoms with E-state index in [2.05, 4.69) is 5.16 Å². The second-order valence-electron chi connectivity index (χ2n) is 10.0. The van der Waals surface area contributed by atoms with Crippen LogP contribution in [-0.4, -0.2) is 28.7 Å². The molecule has 5 rings (SSSR count). The summed E-state index contributed by atoms with van der Waals surface area (Å²) < 4.78 is 5.70. The van der Waals surface area contributed by atoms with Gasteiger partial charge in [-0.15, -0.1) is 0 Å². The van der Waals surface area contributed by atoms with Crippen molar-refractivity contribution in [1.82, 2.24) is 5.16 Å². The number of para-hydroxylation sites is 1. The number of carbonyl (C=O) groups is 2. The Kier molecular flexibility index (Phi) is 6.89. The Hall–Kier alpha value is -4.19. The fourth-order valence-corrected chi connectivity index (χ4v) is 5.17. The monoisotopic (exact) mass is 508 g/mol. The van der Waals surface area contributed by atoms with Crippen LogP contribution in [0.15, 0.2) is 77.3 Å². The number of rotatable bonds is 9. The van der Waals surface area contributed by atoms with Crippen LogP contribution in [-0.2, 0) is 21.4 Å². The van der Waals surface area contributed by atoms with Gasteiger partial charge < -0.3 is 14.5 Å². The molecule has 0 bridgehead atoms. The van der Waals surface area contributed by atoms with Crippen LogP contribution in [0.4, 0.5) is 5.69 Å². The maximum atomic E-state index is 13.2. The van der Waals surface area contributed by atoms with E-state index in [4.69, 9.17) is 4.52 Å². The van der Waals surface area contributed by atoms with E-state index < -0.39 is 11.4 Å². The first-order chi connectivity index (χ1) is 18.3. The zero-order valence-electron chi connectivity index (χ0n) is 22.0. The summed E-state index contributed by atoms with van der Waals surface area (Å²) in [6.07, 6.45) is 2.30. The summed E-state index contributed by atoms with van der Waals surface area (Å²) in [4.78, 5) is 26.6. The molecule has 0 radical (unpaired) electrons. The van der Waals surface area contributed by atoms with E-state index in [0.717, 1.165) is 44.8 Å². The first-order valence-electron chi connectivity index (χ1n) is 13.1. The maximum absolute atomic E-state index is 13.2. The van der Waals surface area contributed by atoms with Crippen molar-refractivity contribution in [3.05, 3.63) is 95.2 Å². The van der Waals surface area contributed by atoms with E-state index in [1.54, 1.807) is 0 Å². The molecule has 1 aromatic heterocycles. The molecule has 194 valence electrons. The van der Waals surface area contributed by atoms with E-state index >= 15 is 0 Å². The van der Waals surface area contributed by atoms with Crippen LogP contribution in [0.2, 0.25) is 0 Å². The molecule has 0 atom stereocenters. The smallest absolute Gasteiger partial charge is 0.314 e. The van der Waals surface area contributed by atoms with E-state index in [1.165, 1.54) is 0 Å². The number of carbonyl (C=O) groups excluding carboxylic acids is 1. The molecular weight excluding hydrogens is 476 g/mol. The Morgan fingerprint density at radius 3 is 2.11 bits per heavy atom. The Morgan fingerprint density at radius 1 is 0.921 bits per heavy atom. The lowest BCUT2D eigenvalue weighted by Gasteiger charge is -2.23. The predicted molar refractivity (Wildman–Crippen MR) is 148 cm³/mol. The maximum Gasteiger partial charge on any atom is 0.314 e. The highest BCUT2D eigenvalue weighted by Gasteiger charge is 2.51. The van der Waals surface area contributed by atoms with Crippen LogP contribution in [0.5, 0.6) is 0 Å². The lowest BCUT2D eigenvalue weighted by atomic mass is 9.93. The van der Waals surface area contributed by atoms with Gasteiger partial charge in [0.1, 0.15) is 0 Å². The van der Waals surface area contributed by atoms with Gasteiger partial charge in [0.25, 0.3) is 0 Å². The molecule has 1 saturated carbocycles. The number of benzene rings is 3. The molecule has 0 aliphatic heterocycles. The average Bonchev–Trinajstić information content (AvgIpc) is 3.67. The number of carboxylic acids is 1. The van der Waals surface area contributed by atoms with Crippen molar-refractivity contribution in [2.75, 3.05) is 11.4 Å². The Morgan fingerprint density at radius 2 is 1.53 bits per heavy atom. The quantitative estimate of drug-likeness (QED) is 0.271. The number of aromatic nitrogens is 1. The molecule has 3 aromatic carbocycles. The molecule has 6 heteroatoms. The molecule has 6 nitrogen and oxygen atoms in total. The minimum absolute atomic E-state index is 0.0722. The largest absolute Gasteiger partial charge is 0.481 e. The third kappa shape index (κ3) is 4.74. The molecule has 0 saturated heterocycles. The van der Waals surface area contributed by atoms with Gasteiger partial charge in [0.05, 0.1) is 11.1 Å². The number of nitrogens with zero attached hydrogens (tertiary/aromatic N) is 2. The number of amides is 1. The number of anilines is 1. The van der Waals surface area contributed by atoms with Crippen molar-refractivity contribution < 1.29 is 19.2 Å². The fraction of sp³-hybridized carbons (Fsp3) is 0.281. The van der Waals surface area contributed by atoms with Crippen molar-refractivity contribution in [3.63, 3.8) is 0 Å². The molecule has 1 fully saturated rings. The fourth-order valence-electron chi connectivity index (χ4n) is 5.17. The minimum Gasteiger partial charge on any atom is -0.481 e. The molecular formula is C32H32N2O4. The molecule has 38 heavy (non-hydrogen) atoms. The van der Waals surface area contributed by atoms with Gasteiger partial charge in [-0.2, -0.15) is 0 Å². The highest BCUT2D eigenvalue weighted by molar-refractivity contribution is 5.94. The minimum atomic E-state index is -0.743. The Balaban J connectivity index is 1.31. The summed E-state index contributed by atoms with van der Waals surface area (Å²) in [5.41, 5.74) is 6.89. The van der Waals surface area contributed by atoms with Gasteiger partial charge in [-0.05, 0) is 68.4 Å². The van der Waals surface area contributed by atoms with Crippen LogP contribution in [0.1, 0.15) is 48.6 Å². The zero-order chi connectivity index (χ0) is 26.9. The third-order valence-corrected chi connectivity index (χ3v) is 7.67. The van der Waals surface area contributed by atoms with E-state index in [1.807, 2.05) is 98.5 Å². The number of carboxylic acid groups (broad SMARTS) is 1.